The van der Waals surface area contributed by atoms with Gasteiger partial charge in [0.05, 0.1) is 12.2 Å². The molecule has 1 N–H and O–H groups in total. The molecule has 2 heterocycles. The van der Waals surface area contributed by atoms with Gasteiger partial charge in [-0.25, -0.2) is 0 Å². The molecule has 7 nitrogen and oxygen atoms in total. The zero-order valence-corrected chi connectivity index (χ0v) is 15.7. The maximum absolute atomic E-state index is 13.3. The Bertz CT molecular complexity index is 912. The Labute approximate surface area is 163 Å². The number of fused-ring (bicyclic) bond motifs is 2. The summed E-state index contributed by atoms with van der Waals surface area (Å²) < 4.78 is 16.6. The van der Waals surface area contributed by atoms with Gasteiger partial charge in [0, 0.05) is 19.0 Å². The van der Waals surface area contributed by atoms with E-state index in [0.717, 1.165) is 24.1 Å². The molecule has 0 saturated heterocycles. The van der Waals surface area contributed by atoms with Crippen LogP contribution in [0.2, 0.25) is 0 Å². The van der Waals surface area contributed by atoms with Gasteiger partial charge in [-0.2, -0.15) is 0 Å². The number of carbonyl (C=O) groups excluding carboxylic acids is 2. The topological polar surface area (TPSA) is 77.1 Å². The Morgan fingerprint density at radius 1 is 1.18 bits per heavy atom. The largest absolute Gasteiger partial charge is 0.490 e. The summed E-state index contributed by atoms with van der Waals surface area (Å²) in [5, 5.41) is 2.71. The fraction of sp³-hybridized carbons (Fsp3) is 0.333. The predicted molar refractivity (Wildman–Crippen MR) is 103 cm³/mol. The van der Waals surface area contributed by atoms with Crippen molar-refractivity contribution >= 4 is 17.5 Å². The molecule has 4 rings (SSSR count). The van der Waals surface area contributed by atoms with Crippen molar-refractivity contribution in [2.75, 3.05) is 31.4 Å². The van der Waals surface area contributed by atoms with Crippen LogP contribution < -0.4 is 24.4 Å². The maximum Gasteiger partial charge on any atom is 0.258 e. The van der Waals surface area contributed by atoms with E-state index in [1.54, 1.807) is 23.1 Å². The normalized spacial score (nSPS) is 14.4. The maximum atomic E-state index is 13.3. The molecule has 0 aromatic heterocycles. The molecule has 0 fully saturated rings. The Kier molecular flexibility index (Phi) is 5.06. The third-order valence-corrected chi connectivity index (χ3v) is 4.78. The lowest BCUT2D eigenvalue weighted by molar-refractivity contribution is -0.119. The van der Waals surface area contributed by atoms with Crippen molar-refractivity contribution in [2.45, 2.75) is 19.8 Å². The second kappa shape index (κ2) is 7.80. The number of nitrogens with zero attached hydrogens (tertiary/aromatic N) is 1. The Morgan fingerprint density at radius 3 is 2.89 bits per heavy atom. The lowest BCUT2D eigenvalue weighted by atomic mass is 10.00. The van der Waals surface area contributed by atoms with Gasteiger partial charge in [0.25, 0.3) is 5.91 Å². The molecule has 2 aliphatic rings. The molecule has 0 saturated carbocycles. The smallest absolute Gasteiger partial charge is 0.258 e. The van der Waals surface area contributed by atoms with Crippen LogP contribution in [0.25, 0.3) is 0 Å². The van der Waals surface area contributed by atoms with Crippen molar-refractivity contribution in [3.63, 3.8) is 0 Å². The standard InChI is InChI=1S/C21H22N2O5/c1-14(24)22-9-11-26-18-6-2-4-15-5-3-10-23(20(15)18)21(25)16-7-8-17-19(12-16)28-13-27-17/h2,4,6-8,12H,3,5,9-11,13H2,1H3,(H,22,24). The third kappa shape index (κ3) is 3.60. The minimum absolute atomic E-state index is 0.0988. The van der Waals surface area contributed by atoms with Crippen molar-refractivity contribution < 1.29 is 23.8 Å². The summed E-state index contributed by atoms with van der Waals surface area (Å²) in [5.41, 5.74) is 2.43. The molecule has 2 amide bonds. The molecule has 2 aromatic rings. The quantitative estimate of drug-likeness (QED) is 0.804. The van der Waals surface area contributed by atoms with E-state index in [1.165, 1.54) is 6.92 Å². The fourth-order valence-electron chi connectivity index (χ4n) is 3.51. The highest BCUT2D eigenvalue weighted by atomic mass is 16.7. The molecule has 0 unspecified atom stereocenters. The first-order valence-corrected chi connectivity index (χ1v) is 9.34. The number of amides is 2. The van der Waals surface area contributed by atoms with Crippen LogP contribution in [0.5, 0.6) is 17.2 Å². The summed E-state index contributed by atoms with van der Waals surface area (Å²) in [6, 6.07) is 11.0. The predicted octanol–water partition coefficient (Wildman–Crippen LogP) is 2.52. The van der Waals surface area contributed by atoms with E-state index < -0.39 is 0 Å². The van der Waals surface area contributed by atoms with Crippen LogP contribution in [0.4, 0.5) is 5.69 Å². The van der Waals surface area contributed by atoms with E-state index in [-0.39, 0.29) is 18.6 Å². The second-order valence-corrected chi connectivity index (χ2v) is 6.72. The van der Waals surface area contributed by atoms with Gasteiger partial charge in [-0.15, -0.1) is 0 Å². The number of nitrogens with one attached hydrogen (secondary N) is 1. The molecule has 7 heteroatoms. The van der Waals surface area contributed by atoms with E-state index in [9.17, 15) is 9.59 Å². The Hall–Kier alpha value is -3.22. The molecule has 146 valence electrons. The number of benzene rings is 2. The first-order chi connectivity index (χ1) is 13.6. The molecular weight excluding hydrogens is 360 g/mol. The van der Waals surface area contributed by atoms with Crippen molar-refractivity contribution in [2.24, 2.45) is 0 Å². The van der Waals surface area contributed by atoms with Crippen molar-refractivity contribution in [1.82, 2.24) is 5.32 Å². The highest BCUT2D eigenvalue weighted by Crippen LogP contribution is 2.38. The minimum atomic E-state index is -0.0999. The van der Waals surface area contributed by atoms with Gasteiger partial charge < -0.3 is 24.4 Å². The highest BCUT2D eigenvalue weighted by molar-refractivity contribution is 6.08. The fourth-order valence-corrected chi connectivity index (χ4v) is 3.51. The van der Waals surface area contributed by atoms with Gasteiger partial charge in [0.2, 0.25) is 12.7 Å². The van der Waals surface area contributed by atoms with E-state index in [4.69, 9.17) is 14.2 Å². The number of hydrogen-bond donors (Lipinski definition) is 1. The summed E-state index contributed by atoms with van der Waals surface area (Å²) in [5.74, 6) is 1.69. The number of ether oxygens (including phenoxy) is 3. The number of carbonyl (C=O) groups is 2. The van der Waals surface area contributed by atoms with E-state index in [2.05, 4.69) is 5.32 Å². The number of para-hydroxylation sites is 1. The highest BCUT2D eigenvalue weighted by Gasteiger charge is 2.28. The number of rotatable bonds is 5. The number of anilines is 1. The molecule has 0 aliphatic carbocycles. The van der Waals surface area contributed by atoms with Crippen LogP contribution in [-0.4, -0.2) is 38.3 Å². The van der Waals surface area contributed by atoms with Crippen molar-refractivity contribution in [3.05, 3.63) is 47.5 Å². The van der Waals surface area contributed by atoms with Gasteiger partial charge in [-0.1, -0.05) is 12.1 Å². The van der Waals surface area contributed by atoms with Crippen LogP contribution in [-0.2, 0) is 11.2 Å². The van der Waals surface area contributed by atoms with Gasteiger partial charge >= 0.3 is 0 Å². The van der Waals surface area contributed by atoms with Crippen molar-refractivity contribution in [1.29, 1.82) is 0 Å². The molecule has 2 aromatic carbocycles. The lowest BCUT2D eigenvalue weighted by Gasteiger charge is -2.31. The second-order valence-electron chi connectivity index (χ2n) is 6.72. The van der Waals surface area contributed by atoms with E-state index >= 15 is 0 Å². The van der Waals surface area contributed by atoms with Crippen LogP contribution >= 0.6 is 0 Å². The first-order valence-electron chi connectivity index (χ1n) is 9.34. The Balaban J connectivity index is 1.58. The van der Waals surface area contributed by atoms with Gasteiger partial charge in [0.1, 0.15) is 12.4 Å². The average Bonchev–Trinajstić information content (AvgIpc) is 3.18. The van der Waals surface area contributed by atoms with Gasteiger partial charge in [-0.3, -0.25) is 9.59 Å². The van der Waals surface area contributed by atoms with Crippen LogP contribution in [0.1, 0.15) is 29.3 Å². The monoisotopic (exact) mass is 382 g/mol. The summed E-state index contributed by atoms with van der Waals surface area (Å²) in [6.07, 6.45) is 1.78. The molecule has 2 aliphatic heterocycles. The van der Waals surface area contributed by atoms with Crippen LogP contribution in [0.15, 0.2) is 36.4 Å². The molecule has 0 radical (unpaired) electrons. The van der Waals surface area contributed by atoms with Crippen LogP contribution in [0, 0.1) is 0 Å². The zero-order valence-electron chi connectivity index (χ0n) is 15.7. The summed E-state index contributed by atoms with van der Waals surface area (Å²) in [4.78, 5) is 26.0. The SMILES string of the molecule is CC(=O)NCCOc1cccc2c1N(C(=O)c1ccc3c(c1)OCO3)CCC2. The first kappa shape index (κ1) is 18.2. The van der Waals surface area contributed by atoms with Gasteiger partial charge in [-0.05, 0) is 42.7 Å². The van der Waals surface area contributed by atoms with Crippen LogP contribution in [0.3, 0.4) is 0 Å². The molecule has 0 atom stereocenters. The minimum Gasteiger partial charge on any atom is -0.490 e. The third-order valence-electron chi connectivity index (χ3n) is 4.78. The number of hydrogen-bond acceptors (Lipinski definition) is 5. The molecular formula is C21H22N2O5. The Morgan fingerprint density at radius 2 is 2.04 bits per heavy atom. The zero-order chi connectivity index (χ0) is 19.5. The summed E-state index contributed by atoms with van der Waals surface area (Å²) in [6.45, 7) is 3.01. The van der Waals surface area contributed by atoms with E-state index in [1.807, 2.05) is 18.2 Å². The lowest BCUT2D eigenvalue weighted by Crippen LogP contribution is -2.36. The molecule has 28 heavy (non-hydrogen) atoms. The summed E-state index contributed by atoms with van der Waals surface area (Å²) in [7, 11) is 0. The molecule has 0 spiro atoms. The van der Waals surface area contributed by atoms with Gasteiger partial charge in [0.15, 0.2) is 11.5 Å². The van der Waals surface area contributed by atoms with Crippen molar-refractivity contribution in [3.8, 4) is 17.2 Å². The summed E-state index contributed by atoms with van der Waals surface area (Å²) >= 11 is 0. The molecule has 0 bridgehead atoms. The average molecular weight is 382 g/mol. The number of aryl methyl sites for hydroxylation is 1. The van der Waals surface area contributed by atoms with E-state index in [0.29, 0.717) is 42.5 Å².